The molecule has 1 rings (SSSR count). The first-order chi connectivity index (χ1) is 9.20. The average molecular weight is 308 g/mol. The third kappa shape index (κ3) is 5.22. The molecule has 0 saturated heterocycles. The predicted octanol–water partition coefficient (Wildman–Crippen LogP) is 2.87. The molecule has 7 heteroatoms. The number of aliphatic hydroxyl groups is 1. The van der Waals surface area contributed by atoms with Gasteiger partial charge in [0.1, 0.15) is 0 Å². The molecule has 3 nitrogen and oxygen atoms in total. The van der Waals surface area contributed by atoms with Crippen molar-refractivity contribution in [2.45, 2.75) is 19.2 Å². The summed E-state index contributed by atoms with van der Waals surface area (Å²) in [5, 5.41) is 11.5. The summed E-state index contributed by atoms with van der Waals surface area (Å²) >= 11 is 5.77. The second kappa shape index (κ2) is 6.76. The van der Waals surface area contributed by atoms with Crippen molar-refractivity contribution in [3.63, 3.8) is 0 Å². The maximum Gasteiger partial charge on any atom is 0.416 e. The van der Waals surface area contributed by atoms with Gasteiger partial charge in [-0.25, -0.2) is 0 Å². The fraction of sp³-hybridized carbons (Fsp3) is 0.308. The van der Waals surface area contributed by atoms with Gasteiger partial charge in [0.2, 0.25) is 5.91 Å². The van der Waals surface area contributed by atoms with Crippen LogP contribution in [0.5, 0.6) is 0 Å². The van der Waals surface area contributed by atoms with Crippen molar-refractivity contribution in [3.05, 3.63) is 40.4 Å². The molecule has 0 radical (unpaired) electrons. The first-order valence-electron chi connectivity index (χ1n) is 5.71. The summed E-state index contributed by atoms with van der Waals surface area (Å²) < 4.78 is 37.6. The summed E-state index contributed by atoms with van der Waals surface area (Å²) in [4.78, 5) is 11.3. The van der Waals surface area contributed by atoms with E-state index in [4.69, 9.17) is 16.7 Å². The zero-order valence-corrected chi connectivity index (χ0v) is 11.3. The fourth-order valence-electron chi connectivity index (χ4n) is 1.32. The topological polar surface area (TPSA) is 49.3 Å². The van der Waals surface area contributed by atoms with Crippen LogP contribution in [-0.4, -0.2) is 23.7 Å². The Morgan fingerprint density at radius 2 is 2.15 bits per heavy atom. The van der Waals surface area contributed by atoms with Crippen molar-refractivity contribution in [1.82, 2.24) is 5.32 Å². The van der Waals surface area contributed by atoms with Gasteiger partial charge in [0.15, 0.2) is 0 Å². The highest BCUT2D eigenvalue weighted by atomic mass is 35.5. The summed E-state index contributed by atoms with van der Waals surface area (Å²) in [6.07, 6.45) is -2.93. The first-order valence-corrected chi connectivity index (χ1v) is 6.08. The van der Waals surface area contributed by atoms with Crippen LogP contribution >= 0.6 is 11.6 Å². The molecule has 0 aromatic heterocycles. The van der Waals surface area contributed by atoms with E-state index in [0.717, 1.165) is 24.3 Å². The first kappa shape index (κ1) is 16.5. The summed E-state index contributed by atoms with van der Waals surface area (Å²) in [6, 6.07) is 2.85. The standard InChI is InChI=1S/C13H13ClF3NO2/c1-8(19)7-18-12(20)5-2-9-6-10(13(15,16)17)3-4-11(9)14/h2-6,8,19H,7H2,1H3,(H,18,20)/b5-2+. The van der Waals surface area contributed by atoms with E-state index in [1.807, 2.05) is 0 Å². The van der Waals surface area contributed by atoms with E-state index in [9.17, 15) is 18.0 Å². The molecule has 0 bridgehead atoms. The number of aliphatic hydroxyl groups excluding tert-OH is 1. The van der Waals surface area contributed by atoms with Crippen LogP contribution in [-0.2, 0) is 11.0 Å². The zero-order chi connectivity index (χ0) is 15.3. The van der Waals surface area contributed by atoms with Gasteiger partial charge in [0.05, 0.1) is 11.7 Å². The van der Waals surface area contributed by atoms with Crippen LogP contribution < -0.4 is 5.32 Å². The van der Waals surface area contributed by atoms with Gasteiger partial charge < -0.3 is 10.4 Å². The van der Waals surface area contributed by atoms with Gasteiger partial charge in [-0.2, -0.15) is 13.2 Å². The van der Waals surface area contributed by atoms with E-state index in [0.29, 0.717) is 0 Å². The predicted molar refractivity (Wildman–Crippen MR) is 70.2 cm³/mol. The maximum absolute atomic E-state index is 12.5. The summed E-state index contributed by atoms with van der Waals surface area (Å²) in [6.45, 7) is 1.55. The fourth-order valence-corrected chi connectivity index (χ4v) is 1.50. The number of rotatable bonds is 4. The van der Waals surface area contributed by atoms with Gasteiger partial charge in [-0.05, 0) is 36.8 Å². The van der Waals surface area contributed by atoms with E-state index in [2.05, 4.69) is 5.32 Å². The summed E-state index contributed by atoms with van der Waals surface area (Å²) in [5.74, 6) is -0.528. The molecule has 0 heterocycles. The number of halogens is 4. The van der Waals surface area contributed by atoms with Crippen LogP contribution in [0.15, 0.2) is 24.3 Å². The molecule has 0 spiro atoms. The molecule has 0 fully saturated rings. The number of alkyl halides is 3. The lowest BCUT2D eigenvalue weighted by atomic mass is 10.1. The van der Waals surface area contributed by atoms with Crippen LogP contribution in [0.4, 0.5) is 13.2 Å². The third-order valence-corrected chi connectivity index (χ3v) is 2.65. The Hall–Kier alpha value is -1.53. The normalized spacial score (nSPS) is 13.5. The Balaban J connectivity index is 2.84. The van der Waals surface area contributed by atoms with Gasteiger partial charge in [-0.15, -0.1) is 0 Å². The molecular weight excluding hydrogens is 295 g/mol. The lowest BCUT2D eigenvalue weighted by Crippen LogP contribution is -2.28. The quantitative estimate of drug-likeness (QED) is 0.840. The van der Waals surface area contributed by atoms with E-state index < -0.39 is 23.8 Å². The van der Waals surface area contributed by atoms with Crippen LogP contribution in [0.2, 0.25) is 5.02 Å². The molecule has 110 valence electrons. The van der Waals surface area contributed by atoms with Gasteiger partial charge in [-0.3, -0.25) is 4.79 Å². The molecule has 1 unspecified atom stereocenters. The van der Waals surface area contributed by atoms with E-state index in [1.54, 1.807) is 0 Å². The lowest BCUT2D eigenvalue weighted by Gasteiger charge is -2.08. The minimum Gasteiger partial charge on any atom is -0.392 e. The van der Waals surface area contributed by atoms with Crippen LogP contribution in [0.25, 0.3) is 6.08 Å². The van der Waals surface area contributed by atoms with Crippen molar-refractivity contribution in [1.29, 1.82) is 0 Å². The van der Waals surface area contributed by atoms with E-state index >= 15 is 0 Å². The highest BCUT2D eigenvalue weighted by Gasteiger charge is 2.30. The smallest absolute Gasteiger partial charge is 0.392 e. The highest BCUT2D eigenvalue weighted by Crippen LogP contribution is 2.32. The van der Waals surface area contributed by atoms with Gasteiger partial charge in [0.25, 0.3) is 0 Å². The summed E-state index contributed by atoms with van der Waals surface area (Å²) in [5.41, 5.74) is -0.750. The van der Waals surface area contributed by atoms with Gasteiger partial charge in [-0.1, -0.05) is 11.6 Å². The van der Waals surface area contributed by atoms with Crippen molar-refractivity contribution in [2.24, 2.45) is 0 Å². The number of carbonyl (C=O) groups excluding carboxylic acids is 1. The Kier molecular flexibility index (Phi) is 5.59. The number of benzene rings is 1. The number of hydrogen-bond donors (Lipinski definition) is 2. The highest BCUT2D eigenvalue weighted by molar-refractivity contribution is 6.32. The van der Waals surface area contributed by atoms with Crippen molar-refractivity contribution < 1.29 is 23.1 Å². The Labute approximate surface area is 119 Å². The maximum atomic E-state index is 12.5. The van der Waals surface area contributed by atoms with Gasteiger partial charge >= 0.3 is 6.18 Å². The molecule has 1 aromatic carbocycles. The lowest BCUT2D eigenvalue weighted by molar-refractivity contribution is -0.137. The third-order valence-electron chi connectivity index (χ3n) is 2.31. The Bertz CT molecular complexity index is 513. The molecule has 1 amide bonds. The van der Waals surface area contributed by atoms with E-state index in [1.165, 1.54) is 13.0 Å². The zero-order valence-electron chi connectivity index (χ0n) is 10.5. The van der Waals surface area contributed by atoms with Crippen molar-refractivity contribution in [3.8, 4) is 0 Å². The molecule has 0 aliphatic heterocycles. The molecule has 1 atom stereocenters. The molecule has 20 heavy (non-hydrogen) atoms. The summed E-state index contributed by atoms with van der Waals surface area (Å²) in [7, 11) is 0. The second-order valence-corrected chi connectivity index (χ2v) is 4.57. The largest absolute Gasteiger partial charge is 0.416 e. The number of amides is 1. The Morgan fingerprint density at radius 1 is 1.50 bits per heavy atom. The molecule has 1 aromatic rings. The minimum atomic E-state index is -4.47. The number of hydrogen-bond acceptors (Lipinski definition) is 2. The average Bonchev–Trinajstić information content (AvgIpc) is 2.33. The van der Waals surface area contributed by atoms with Crippen molar-refractivity contribution in [2.75, 3.05) is 6.54 Å². The Morgan fingerprint density at radius 3 is 2.70 bits per heavy atom. The molecule has 0 aliphatic carbocycles. The SMILES string of the molecule is CC(O)CNC(=O)/C=C/c1cc(C(F)(F)F)ccc1Cl. The molecule has 2 N–H and O–H groups in total. The van der Waals surface area contributed by atoms with Crippen LogP contribution in [0.3, 0.4) is 0 Å². The van der Waals surface area contributed by atoms with Crippen LogP contribution in [0.1, 0.15) is 18.1 Å². The number of nitrogens with one attached hydrogen (secondary N) is 1. The molecule has 0 saturated carbocycles. The molecular formula is C13H13ClF3NO2. The minimum absolute atomic E-state index is 0.0551. The van der Waals surface area contributed by atoms with E-state index in [-0.39, 0.29) is 17.1 Å². The number of carbonyl (C=O) groups is 1. The van der Waals surface area contributed by atoms with Gasteiger partial charge in [0, 0.05) is 17.6 Å². The van der Waals surface area contributed by atoms with Crippen molar-refractivity contribution >= 4 is 23.6 Å². The van der Waals surface area contributed by atoms with Crippen LogP contribution in [0, 0.1) is 0 Å². The molecule has 0 aliphatic rings. The second-order valence-electron chi connectivity index (χ2n) is 4.16. The monoisotopic (exact) mass is 307 g/mol.